The summed E-state index contributed by atoms with van der Waals surface area (Å²) in [6, 6.07) is 10.8. The summed E-state index contributed by atoms with van der Waals surface area (Å²) in [7, 11) is -3.90. The van der Waals surface area contributed by atoms with Gasteiger partial charge in [0.1, 0.15) is 11.7 Å². The summed E-state index contributed by atoms with van der Waals surface area (Å²) in [4.78, 5) is 23.9. The average Bonchev–Trinajstić information content (AvgIpc) is 2.86. The number of nitrogens with one attached hydrogen (secondary N) is 2. The van der Waals surface area contributed by atoms with Crippen LogP contribution in [0.2, 0.25) is 0 Å². The van der Waals surface area contributed by atoms with Crippen molar-refractivity contribution in [3.63, 3.8) is 0 Å². The minimum Gasteiger partial charge on any atom is -0.379 e. The highest BCUT2D eigenvalue weighted by Crippen LogP contribution is 2.30. The molecule has 190 valence electrons. The van der Waals surface area contributed by atoms with Crippen LogP contribution in [0.15, 0.2) is 47.4 Å². The number of amides is 1. The molecule has 3 rings (SSSR count). The second-order valence-corrected chi connectivity index (χ2v) is 11.1. The fraction of sp³-hybridized carbons (Fsp3) is 0.435. The second-order valence-electron chi connectivity index (χ2n) is 8.13. The van der Waals surface area contributed by atoms with E-state index in [9.17, 15) is 23.3 Å². The Morgan fingerprint density at radius 3 is 2.51 bits per heavy atom. The number of aryl methyl sites for hydroxylation is 1. The van der Waals surface area contributed by atoms with Crippen molar-refractivity contribution in [1.29, 1.82) is 0 Å². The van der Waals surface area contributed by atoms with Crippen molar-refractivity contribution in [3.05, 3.63) is 63.7 Å². The SMILES string of the molecule is CSCCC(Nc1ccc(S(=O)(=O)N2CCOCC2)cc1[N+](=O)[O-])C(=O)NCc1ccc(C)cc1. The summed E-state index contributed by atoms with van der Waals surface area (Å²) in [5, 5.41) is 17.7. The Bertz CT molecular complexity index is 1140. The molecule has 0 bridgehead atoms. The molecule has 0 radical (unpaired) electrons. The number of hydrogen-bond acceptors (Lipinski definition) is 8. The van der Waals surface area contributed by atoms with Gasteiger partial charge in [-0.05, 0) is 43.0 Å². The molecular weight excluding hydrogens is 492 g/mol. The van der Waals surface area contributed by atoms with Gasteiger partial charge in [0.05, 0.1) is 23.0 Å². The van der Waals surface area contributed by atoms with E-state index in [1.807, 2.05) is 37.4 Å². The van der Waals surface area contributed by atoms with Crippen molar-refractivity contribution >= 4 is 39.1 Å². The third kappa shape index (κ3) is 7.17. The zero-order valence-corrected chi connectivity index (χ0v) is 21.4. The van der Waals surface area contributed by atoms with Gasteiger partial charge in [0.15, 0.2) is 0 Å². The van der Waals surface area contributed by atoms with Gasteiger partial charge in [-0.3, -0.25) is 14.9 Å². The quantitative estimate of drug-likeness (QED) is 0.340. The Morgan fingerprint density at radius 2 is 1.89 bits per heavy atom. The van der Waals surface area contributed by atoms with E-state index >= 15 is 0 Å². The number of rotatable bonds is 11. The fourth-order valence-electron chi connectivity index (χ4n) is 3.59. The molecule has 2 aromatic carbocycles. The molecule has 1 heterocycles. The number of nitro benzene ring substituents is 1. The first kappa shape index (κ1) is 26.9. The molecule has 1 aliphatic rings. The average molecular weight is 523 g/mol. The van der Waals surface area contributed by atoms with Gasteiger partial charge < -0.3 is 15.4 Å². The van der Waals surface area contributed by atoms with E-state index < -0.39 is 26.7 Å². The highest BCUT2D eigenvalue weighted by molar-refractivity contribution is 7.98. The van der Waals surface area contributed by atoms with Crippen LogP contribution in [0.3, 0.4) is 0 Å². The number of benzene rings is 2. The summed E-state index contributed by atoms with van der Waals surface area (Å²) >= 11 is 1.56. The summed E-state index contributed by atoms with van der Waals surface area (Å²) in [6.07, 6.45) is 2.35. The standard InChI is InChI=1S/C23H30N4O6S2/c1-17-3-5-18(6-4-17)16-24-23(28)21(9-14-34-2)25-20-8-7-19(15-22(20)27(29)30)35(31,32)26-10-12-33-13-11-26/h3-8,15,21,25H,9-14,16H2,1-2H3,(H,24,28). The first-order chi connectivity index (χ1) is 16.7. The van der Waals surface area contributed by atoms with Crippen molar-refractivity contribution < 1.29 is 22.9 Å². The lowest BCUT2D eigenvalue weighted by Gasteiger charge is -2.26. The van der Waals surface area contributed by atoms with Crippen LogP contribution in [0.5, 0.6) is 0 Å². The normalized spacial score (nSPS) is 15.4. The molecule has 1 atom stereocenters. The molecule has 1 aliphatic heterocycles. The number of carbonyl (C=O) groups is 1. The van der Waals surface area contributed by atoms with E-state index in [1.165, 1.54) is 16.4 Å². The minimum absolute atomic E-state index is 0.0903. The van der Waals surface area contributed by atoms with Gasteiger partial charge in [0.2, 0.25) is 15.9 Å². The van der Waals surface area contributed by atoms with Crippen LogP contribution in [0.4, 0.5) is 11.4 Å². The molecule has 35 heavy (non-hydrogen) atoms. The van der Waals surface area contributed by atoms with E-state index in [4.69, 9.17) is 4.74 Å². The van der Waals surface area contributed by atoms with E-state index in [0.29, 0.717) is 18.7 Å². The Hall–Kier alpha value is -2.67. The van der Waals surface area contributed by atoms with Crippen LogP contribution >= 0.6 is 11.8 Å². The Labute approximate surface area is 209 Å². The number of thioether (sulfide) groups is 1. The lowest BCUT2D eigenvalue weighted by atomic mass is 10.1. The maximum Gasteiger partial charge on any atom is 0.293 e. The number of hydrogen-bond donors (Lipinski definition) is 2. The summed E-state index contributed by atoms with van der Waals surface area (Å²) in [5.74, 6) is 0.367. The van der Waals surface area contributed by atoms with Gasteiger partial charge in [-0.1, -0.05) is 29.8 Å². The first-order valence-electron chi connectivity index (χ1n) is 11.2. The van der Waals surface area contributed by atoms with E-state index in [1.54, 1.807) is 11.8 Å². The molecule has 1 saturated heterocycles. The highest BCUT2D eigenvalue weighted by atomic mass is 32.2. The molecule has 0 aromatic heterocycles. The van der Waals surface area contributed by atoms with E-state index in [0.717, 1.165) is 17.2 Å². The van der Waals surface area contributed by atoms with Gasteiger partial charge in [-0.25, -0.2) is 8.42 Å². The van der Waals surface area contributed by atoms with Crippen LogP contribution in [-0.4, -0.2) is 67.9 Å². The zero-order valence-electron chi connectivity index (χ0n) is 19.7. The van der Waals surface area contributed by atoms with Crippen LogP contribution in [0.1, 0.15) is 17.5 Å². The lowest BCUT2D eigenvalue weighted by Crippen LogP contribution is -2.40. The number of ether oxygens (including phenoxy) is 1. The van der Waals surface area contributed by atoms with E-state index in [2.05, 4.69) is 10.6 Å². The molecule has 0 spiro atoms. The highest BCUT2D eigenvalue weighted by Gasteiger charge is 2.30. The maximum absolute atomic E-state index is 12.9. The van der Waals surface area contributed by atoms with Crippen molar-refractivity contribution in [3.8, 4) is 0 Å². The number of morpholine rings is 1. The Kier molecular flexibility index (Phi) is 9.49. The van der Waals surface area contributed by atoms with Gasteiger partial charge in [-0.15, -0.1) is 0 Å². The third-order valence-electron chi connectivity index (χ3n) is 5.62. The predicted octanol–water partition coefficient (Wildman–Crippen LogP) is 2.77. The molecule has 0 aliphatic carbocycles. The van der Waals surface area contributed by atoms with E-state index in [-0.39, 0.29) is 42.8 Å². The summed E-state index contributed by atoms with van der Waals surface area (Å²) in [5.41, 5.74) is 1.74. The number of nitrogens with zero attached hydrogens (tertiary/aromatic N) is 2. The number of anilines is 1. The summed E-state index contributed by atoms with van der Waals surface area (Å²) < 4.78 is 32.3. The van der Waals surface area contributed by atoms with Crippen molar-refractivity contribution in [2.45, 2.75) is 30.8 Å². The number of carbonyl (C=O) groups excluding carboxylic acids is 1. The third-order valence-corrected chi connectivity index (χ3v) is 8.16. The molecule has 1 amide bonds. The smallest absolute Gasteiger partial charge is 0.293 e. The van der Waals surface area contributed by atoms with Crippen LogP contribution < -0.4 is 10.6 Å². The molecular formula is C23H30N4O6S2. The molecule has 2 aromatic rings. The van der Waals surface area contributed by atoms with Gasteiger partial charge >= 0.3 is 0 Å². The Balaban J connectivity index is 1.79. The molecule has 10 nitrogen and oxygen atoms in total. The molecule has 1 fully saturated rings. The number of sulfonamides is 1. The van der Waals surface area contributed by atoms with Crippen LogP contribution in [0.25, 0.3) is 0 Å². The Morgan fingerprint density at radius 1 is 1.20 bits per heavy atom. The topological polar surface area (TPSA) is 131 Å². The summed E-state index contributed by atoms with van der Waals surface area (Å²) in [6.45, 7) is 3.23. The van der Waals surface area contributed by atoms with Gasteiger partial charge in [-0.2, -0.15) is 16.1 Å². The monoisotopic (exact) mass is 522 g/mol. The lowest BCUT2D eigenvalue weighted by molar-refractivity contribution is -0.384. The minimum atomic E-state index is -3.90. The van der Waals surface area contributed by atoms with Crippen LogP contribution in [0, 0.1) is 17.0 Å². The molecule has 0 saturated carbocycles. The first-order valence-corrected chi connectivity index (χ1v) is 14.0. The predicted molar refractivity (Wildman–Crippen MR) is 136 cm³/mol. The largest absolute Gasteiger partial charge is 0.379 e. The van der Waals surface area contributed by atoms with Gasteiger partial charge in [0, 0.05) is 25.7 Å². The van der Waals surface area contributed by atoms with Gasteiger partial charge in [0.25, 0.3) is 5.69 Å². The zero-order chi connectivity index (χ0) is 25.4. The maximum atomic E-state index is 12.9. The fourth-order valence-corrected chi connectivity index (χ4v) is 5.49. The molecule has 12 heteroatoms. The molecule has 2 N–H and O–H groups in total. The van der Waals surface area contributed by atoms with Crippen molar-refractivity contribution in [1.82, 2.24) is 9.62 Å². The van der Waals surface area contributed by atoms with Crippen molar-refractivity contribution in [2.75, 3.05) is 43.6 Å². The second kappa shape index (κ2) is 12.3. The molecule has 1 unspecified atom stereocenters. The van der Waals surface area contributed by atoms with Crippen molar-refractivity contribution in [2.24, 2.45) is 0 Å². The number of nitro groups is 1. The van der Waals surface area contributed by atoms with Crippen LogP contribution in [-0.2, 0) is 26.1 Å².